The van der Waals surface area contributed by atoms with Gasteiger partial charge in [0.25, 0.3) is 0 Å². The van der Waals surface area contributed by atoms with Crippen molar-refractivity contribution >= 4 is 26.0 Å². The van der Waals surface area contributed by atoms with Gasteiger partial charge in [-0.1, -0.05) is 34.1 Å². The summed E-state index contributed by atoms with van der Waals surface area (Å²) in [5.74, 6) is 0. The molecule has 0 aliphatic heterocycles. The fourth-order valence-corrected chi connectivity index (χ4v) is 3.15. The van der Waals surface area contributed by atoms with Gasteiger partial charge in [0.2, 0.25) is 10.0 Å². The van der Waals surface area contributed by atoms with Gasteiger partial charge in [-0.15, -0.1) is 0 Å². The second-order valence-electron chi connectivity index (χ2n) is 4.44. The lowest BCUT2D eigenvalue weighted by atomic mass is 10.2. The minimum atomic E-state index is -4.50. The summed E-state index contributed by atoms with van der Waals surface area (Å²) in [7, 11) is -3.88. The predicted molar refractivity (Wildman–Crippen MR) is 79.6 cm³/mol. The molecular formula is C14H11BrF3NO2S. The zero-order valence-corrected chi connectivity index (χ0v) is 13.5. The lowest BCUT2D eigenvalue weighted by molar-refractivity contribution is -0.137. The standard InChI is InChI=1S/C14H11BrF3NO2S/c15-13-4-2-1-3-10(13)9-19-22(20,21)12-7-5-11(6-8-12)14(16,17)18/h1-8,19H,9H2. The zero-order valence-electron chi connectivity index (χ0n) is 11.1. The fraction of sp³-hybridized carbons (Fsp3) is 0.143. The molecule has 0 aliphatic carbocycles. The average molecular weight is 394 g/mol. The van der Waals surface area contributed by atoms with E-state index in [4.69, 9.17) is 0 Å². The number of nitrogens with one attached hydrogen (secondary N) is 1. The molecule has 2 rings (SSSR count). The molecule has 0 unspecified atom stereocenters. The van der Waals surface area contributed by atoms with Crippen LogP contribution in [0.5, 0.6) is 0 Å². The Labute approximate surface area is 134 Å². The maximum Gasteiger partial charge on any atom is 0.416 e. The fourth-order valence-electron chi connectivity index (χ4n) is 1.72. The van der Waals surface area contributed by atoms with E-state index >= 15 is 0 Å². The molecule has 0 fully saturated rings. The van der Waals surface area contributed by atoms with E-state index in [1.54, 1.807) is 24.3 Å². The summed E-state index contributed by atoms with van der Waals surface area (Å²) in [4.78, 5) is -0.215. The van der Waals surface area contributed by atoms with Gasteiger partial charge in [0.15, 0.2) is 0 Å². The van der Waals surface area contributed by atoms with Crippen molar-refractivity contribution in [2.24, 2.45) is 0 Å². The number of hydrogen-bond acceptors (Lipinski definition) is 2. The summed E-state index contributed by atoms with van der Waals surface area (Å²) >= 11 is 3.29. The molecule has 0 saturated carbocycles. The Morgan fingerprint density at radius 3 is 2.14 bits per heavy atom. The van der Waals surface area contributed by atoms with Gasteiger partial charge in [-0.2, -0.15) is 13.2 Å². The number of rotatable bonds is 4. The summed E-state index contributed by atoms with van der Waals surface area (Å²) in [6.45, 7) is 0.0325. The molecule has 0 atom stereocenters. The minimum Gasteiger partial charge on any atom is -0.207 e. The molecule has 0 saturated heterocycles. The molecule has 0 bridgehead atoms. The van der Waals surface area contributed by atoms with Gasteiger partial charge in [-0.05, 0) is 35.9 Å². The number of alkyl halides is 3. The number of benzene rings is 2. The smallest absolute Gasteiger partial charge is 0.207 e. The Morgan fingerprint density at radius 1 is 1.00 bits per heavy atom. The molecule has 0 amide bonds. The summed E-state index contributed by atoms with van der Waals surface area (Å²) in [6, 6.07) is 10.4. The Hall–Kier alpha value is -1.38. The van der Waals surface area contributed by atoms with Crippen LogP contribution >= 0.6 is 15.9 Å². The van der Waals surface area contributed by atoms with Crippen molar-refractivity contribution in [3.63, 3.8) is 0 Å². The van der Waals surface area contributed by atoms with Gasteiger partial charge < -0.3 is 0 Å². The first-order valence-corrected chi connectivity index (χ1v) is 8.38. The van der Waals surface area contributed by atoms with E-state index < -0.39 is 21.8 Å². The second kappa shape index (κ2) is 6.39. The molecule has 0 radical (unpaired) electrons. The lowest BCUT2D eigenvalue weighted by Gasteiger charge is -2.10. The van der Waals surface area contributed by atoms with Crippen molar-refractivity contribution in [2.45, 2.75) is 17.6 Å². The monoisotopic (exact) mass is 393 g/mol. The Kier molecular flexibility index (Phi) is 4.93. The van der Waals surface area contributed by atoms with Crippen LogP contribution in [0.25, 0.3) is 0 Å². The molecule has 8 heteroatoms. The highest BCUT2D eigenvalue weighted by atomic mass is 79.9. The molecule has 3 nitrogen and oxygen atoms in total. The van der Waals surface area contributed by atoms with Crippen LogP contribution in [-0.4, -0.2) is 8.42 Å². The summed E-state index contributed by atoms with van der Waals surface area (Å²) in [5.41, 5.74) is -0.171. The van der Waals surface area contributed by atoms with Crippen LogP contribution in [0.4, 0.5) is 13.2 Å². The lowest BCUT2D eigenvalue weighted by Crippen LogP contribution is -2.23. The highest BCUT2D eigenvalue weighted by Crippen LogP contribution is 2.29. The van der Waals surface area contributed by atoms with Gasteiger partial charge in [0.05, 0.1) is 10.5 Å². The Bertz CT molecular complexity index is 758. The number of halogens is 4. The second-order valence-corrected chi connectivity index (χ2v) is 7.06. The Morgan fingerprint density at radius 2 is 1.59 bits per heavy atom. The van der Waals surface area contributed by atoms with E-state index in [0.717, 1.165) is 34.3 Å². The minimum absolute atomic E-state index is 0.0325. The highest BCUT2D eigenvalue weighted by Gasteiger charge is 2.30. The number of hydrogen-bond donors (Lipinski definition) is 1. The molecule has 2 aromatic rings. The molecule has 0 heterocycles. The van der Waals surface area contributed by atoms with Crippen LogP contribution in [0.1, 0.15) is 11.1 Å². The van der Waals surface area contributed by atoms with Crippen LogP contribution in [-0.2, 0) is 22.7 Å². The van der Waals surface area contributed by atoms with Crippen molar-refractivity contribution < 1.29 is 21.6 Å². The first-order chi connectivity index (χ1) is 10.2. The summed E-state index contributed by atoms with van der Waals surface area (Å²) in [6.07, 6.45) is -4.50. The van der Waals surface area contributed by atoms with Crippen molar-refractivity contribution in [2.75, 3.05) is 0 Å². The maximum atomic E-state index is 12.5. The van der Waals surface area contributed by atoms with Crippen LogP contribution < -0.4 is 4.72 Å². The van der Waals surface area contributed by atoms with Gasteiger partial charge in [0, 0.05) is 11.0 Å². The molecule has 1 N–H and O–H groups in total. The Balaban J connectivity index is 2.15. The van der Waals surface area contributed by atoms with Crippen LogP contribution in [0.15, 0.2) is 57.9 Å². The van der Waals surface area contributed by atoms with E-state index in [1.165, 1.54) is 0 Å². The third-order valence-corrected chi connectivity index (χ3v) is 5.09. The average Bonchev–Trinajstić information content (AvgIpc) is 2.46. The molecule has 2 aromatic carbocycles. The van der Waals surface area contributed by atoms with Gasteiger partial charge in [-0.25, -0.2) is 13.1 Å². The third-order valence-electron chi connectivity index (χ3n) is 2.90. The largest absolute Gasteiger partial charge is 0.416 e. The molecule has 22 heavy (non-hydrogen) atoms. The van der Waals surface area contributed by atoms with Crippen molar-refractivity contribution in [1.29, 1.82) is 0 Å². The normalized spacial score (nSPS) is 12.4. The first kappa shape index (κ1) is 17.0. The molecular weight excluding hydrogens is 383 g/mol. The quantitative estimate of drug-likeness (QED) is 0.854. The molecule has 0 spiro atoms. The van der Waals surface area contributed by atoms with Crippen molar-refractivity contribution in [3.8, 4) is 0 Å². The first-order valence-electron chi connectivity index (χ1n) is 6.10. The van der Waals surface area contributed by atoms with E-state index in [2.05, 4.69) is 20.7 Å². The van der Waals surface area contributed by atoms with Gasteiger partial charge in [0.1, 0.15) is 0 Å². The zero-order chi connectivity index (χ0) is 16.4. The predicted octanol–water partition coefficient (Wildman–Crippen LogP) is 3.95. The van der Waals surface area contributed by atoms with E-state index in [-0.39, 0.29) is 11.4 Å². The van der Waals surface area contributed by atoms with Gasteiger partial charge >= 0.3 is 6.18 Å². The van der Waals surface area contributed by atoms with E-state index in [0.29, 0.717) is 0 Å². The molecule has 0 aromatic heterocycles. The number of sulfonamides is 1. The molecule has 0 aliphatic rings. The van der Waals surface area contributed by atoms with Crippen molar-refractivity contribution in [3.05, 3.63) is 64.1 Å². The SMILES string of the molecule is O=S(=O)(NCc1ccccc1Br)c1ccc(C(F)(F)F)cc1. The highest BCUT2D eigenvalue weighted by molar-refractivity contribution is 9.10. The summed E-state index contributed by atoms with van der Waals surface area (Å²) in [5, 5.41) is 0. The topological polar surface area (TPSA) is 46.2 Å². The van der Waals surface area contributed by atoms with E-state index in [1.807, 2.05) is 0 Å². The van der Waals surface area contributed by atoms with Crippen LogP contribution in [0.2, 0.25) is 0 Å². The van der Waals surface area contributed by atoms with Crippen LogP contribution in [0.3, 0.4) is 0 Å². The maximum absolute atomic E-state index is 12.5. The van der Waals surface area contributed by atoms with Crippen molar-refractivity contribution in [1.82, 2.24) is 4.72 Å². The van der Waals surface area contributed by atoms with Gasteiger partial charge in [-0.3, -0.25) is 0 Å². The van der Waals surface area contributed by atoms with E-state index in [9.17, 15) is 21.6 Å². The molecule has 118 valence electrons. The third kappa shape index (κ3) is 4.08. The van der Waals surface area contributed by atoms with Crippen LogP contribution in [0, 0.1) is 0 Å². The summed E-state index contributed by atoms with van der Waals surface area (Å²) < 4.78 is 64.6.